The van der Waals surface area contributed by atoms with Crippen LogP contribution in [0.5, 0.6) is 0 Å². The minimum Gasteiger partial charge on any atom is -0.443 e. The molecule has 0 saturated heterocycles. The molecule has 0 fully saturated rings. The molecular formula is C79H95Cl5N8O18. The summed E-state index contributed by atoms with van der Waals surface area (Å²) in [5, 5.41) is 8.39. The maximum absolute atomic E-state index is 15.7. The summed E-state index contributed by atoms with van der Waals surface area (Å²) in [5.74, 6) is -7.76. The molecule has 594 valence electrons. The van der Waals surface area contributed by atoms with E-state index in [1.165, 1.54) is 98.7 Å². The highest BCUT2D eigenvalue weighted by Gasteiger charge is 2.43. The molecule has 26 nitrogen and oxygen atoms in total. The molecule has 31 heteroatoms. The number of halogens is 5. The maximum atomic E-state index is 15.7. The molecule has 0 heterocycles. The zero-order chi connectivity index (χ0) is 83.6. The van der Waals surface area contributed by atoms with E-state index in [-0.39, 0.29) is 78.7 Å². The molecule has 110 heavy (non-hydrogen) atoms. The average Bonchev–Trinajstić information content (AvgIpc) is 0.769. The van der Waals surface area contributed by atoms with Gasteiger partial charge in [0.05, 0.1) is 49.2 Å². The smallest absolute Gasteiger partial charge is 0.435 e. The molecule has 0 N–H and O–H groups in total. The van der Waals surface area contributed by atoms with E-state index in [0.29, 0.717) is 38.9 Å². The second-order valence-corrected chi connectivity index (χ2v) is 31.3. The molecule has 10 amide bonds. The molecule has 5 rings (SSSR count). The predicted octanol–water partition coefficient (Wildman–Crippen LogP) is 20.7. The summed E-state index contributed by atoms with van der Waals surface area (Å²) in [6.45, 7) is 35.0. The largest absolute Gasteiger partial charge is 0.443 e. The van der Waals surface area contributed by atoms with E-state index in [1.807, 2.05) is 0 Å². The molecule has 0 radical (unpaired) electrons. The van der Waals surface area contributed by atoms with Crippen LogP contribution in [0.2, 0.25) is 25.1 Å². The molecule has 0 aromatic heterocycles. The van der Waals surface area contributed by atoms with Crippen LogP contribution in [0.1, 0.15) is 214 Å². The van der Waals surface area contributed by atoms with Crippen LogP contribution < -0.4 is 29.6 Å². The van der Waals surface area contributed by atoms with Crippen LogP contribution in [0.15, 0.2) is 95.1 Å². The van der Waals surface area contributed by atoms with Crippen molar-refractivity contribution >= 4 is 175 Å². The fourth-order valence-corrected chi connectivity index (χ4v) is 10.2. The lowest BCUT2D eigenvalue weighted by Gasteiger charge is -2.31. The molecule has 0 saturated carbocycles. The minimum atomic E-state index is -1.64. The molecular weight excluding hydrogens is 1530 g/mol. The van der Waals surface area contributed by atoms with Crippen molar-refractivity contribution in [3.05, 3.63) is 138 Å². The van der Waals surface area contributed by atoms with Gasteiger partial charge < -0.3 is 28.4 Å². The van der Waals surface area contributed by atoms with Crippen molar-refractivity contribution in [1.29, 1.82) is 0 Å². The van der Waals surface area contributed by atoms with E-state index in [2.05, 4.69) is 10.2 Å². The summed E-state index contributed by atoms with van der Waals surface area (Å²) in [4.78, 5) is 181. The Balaban J connectivity index is 1.85. The molecule has 0 aliphatic heterocycles. The highest BCUT2D eigenvalue weighted by Crippen LogP contribution is 2.40. The SMILES string of the molecule is CCC(C)(C)OC(=O)N(/N=C(\C(C)=O)C(=O)N(C(=O)OC(C)(C)CC)c1cc(Cl)c(N(C(=O)OC(C)(C)CC)C(=O)/C(=N/N(C(=O)OC(C)(C)CC)c2cc(C(=O)N(C(=O)OC(C)(C)CC)c3cccc(Cl)c3C)ccc2Cl)C(C)=O)cc1C)c1cc(C(=O)N(C(=O)OC(C)(C)CC)c2cccc(Cl)c2C)ccc1Cl. The summed E-state index contributed by atoms with van der Waals surface area (Å²) >= 11 is 34.1. The van der Waals surface area contributed by atoms with Gasteiger partial charge >= 0.3 is 36.6 Å². The summed E-state index contributed by atoms with van der Waals surface area (Å²) < 4.78 is 35.3. The van der Waals surface area contributed by atoms with Crippen molar-refractivity contribution in [3.8, 4) is 0 Å². The normalized spacial score (nSPS) is 12.2. The number of hydrogen-bond donors (Lipinski definition) is 0. The predicted molar refractivity (Wildman–Crippen MR) is 426 cm³/mol. The van der Waals surface area contributed by atoms with Crippen LogP contribution in [-0.4, -0.2) is 117 Å². The highest BCUT2D eigenvalue weighted by molar-refractivity contribution is 6.70. The number of aryl methyl sites for hydroxylation is 1. The minimum absolute atomic E-state index is 0.0141. The Bertz CT molecular complexity index is 4250. The van der Waals surface area contributed by atoms with E-state index in [4.69, 9.17) is 86.4 Å². The van der Waals surface area contributed by atoms with Gasteiger partial charge in [-0.3, -0.25) is 28.8 Å². The zero-order valence-electron chi connectivity index (χ0n) is 66.1. The van der Waals surface area contributed by atoms with Crippen molar-refractivity contribution in [2.45, 2.75) is 231 Å². The Morgan fingerprint density at radius 2 is 0.609 bits per heavy atom. The number of hydrazone groups is 2. The quantitative estimate of drug-likeness (QED) is 0.0215. The second-order valence-electron chi connectivity index (χ2n) is 29.3. The molecule has 5 aromatic rings. The number of benzene rings is 5. The van der Waals surface area contributed by atoms with E-state index in [0.717, 1.165) is 60.0 Å². The molecule has 0 aliphatic rings. The van der Waals surface area contributed by atoms with Crippen molar-refractivity contribution < 1.29 is 86.0 Å². The molecule has 0 bridgehead atoms. The monoisotopic (exact) mass is 1620 g/mol. The first kappa shape index (κ1) is 91.1. The van der Waals surface area contributed by atoms with Gasteiger partial charge in [-0.2, -0.15) is 20.2 Å². The van der Waals surface area contributed by atoms with Crippen molar-refractivity contribution in [3.63, 3.8) is 0 Å². The van der Waals surface area contributed by atoms with Crippen LogP contribution in [0, 0.1) is 20.8 Å². The first-order valence-corrected chi connectivity index (χ1v) is 37.1. The number of nitrogens with zero attached hydrogens (tertiary/aromatic N) is 8. The Morgan fingerprint density at radius 3 is 0.900 bits per heavy atom. The maximum Gasteiger partial charge on any atom is 0.435 e. The average molecular weight is 1620 g/mol. The fourth-order valence-electron chi connectivity index (χ4n) is 9.23. The van der Waals surface area contributed by atoms with E-state index in [1.54, 1.807) is 95.2 Å². The van der Waals surface area contributed by atoms with Gasteiger partial charge in [0, 0.05) is 35.0 Å². The Labute approximate surface area is 666 Å². The van der Waals surface area contributed by atoms with Gasteiger partial charge in [-0.05, 0) is 232 Å². The number of imide groups is 4. The summed E-state index contributed by atoms with van der Waals surface area (Å²) in [6.07, 6.45) is -6.76. The number of anilines is 6. The van der Waals surface area contributed by atoms with E-state index >= 15 is 19.2 Å². The summed E-state index contributed by atoms with van der Waals surface area (Å²) in [7, 11) is 0. The summed E-state index contributed by atoms with van der Waals surface area (Å²) in [5.41, 5.74) is -12.5. The van der Waals surface area contributed by atoms with E-state index in [9.17, 15) is 38.4 Å². The number of Topliss-reactive ketones (excluding diaryl/α,β-unsaturated/α-hetero) is 2. The highest BCUT2D eigenvalue weighted by atomic mass is 35.5. The Hall–Kier alpha value is -9.47. The first-order valence-electron chi connectivity index (χ1n) is 35.3. The van der Waals surface area contributed by atoms with Crippen molar-refractivity contribution in [1.82, 2.24) is 0 Å². The van der Waals surface area contributed by atoms with Gasteiger partial charge in [0.15, 0.2) is 23.0 Å². The number of carbonyl (C=O) groups excluding carboxylic acids is 12. The van der Waals surface area contributed by atoms with Gasteiger partial charge in [-0.15, -0.1) is 0 Å². The fraction of sp³-hybridized carbons (Fsp3) is 0.443. The number of ketones is 2. The lowest BCUT2D eigenvalue weighted by atomic mass is 10.1. The summed E-state index contributed by atoms with van der Waals surface area (Å²) in [6, 6.07) is 17.7. The lowest BCUT2D eigenvalue weighted by Crippen LogP contribution is -2.48. The van der Waals surface area contributed by atoms with E-state index < -0.39 is 145 Å². The van der Waals surface area contributed by atoms with Gasteiger partial charge in [-0.1, -0.05) is 112 Å². The Kier molecular flexibility index (Phi) is 30.3. The van der Waals surface area contributed by atoms with Gasteiger partial charge in [-0.25, -0.2) is 48.4 Å². The van der Waals surface area contributed by atoms with Gasteiger partial charge in [0.25, 0.3) is 23.6 Å². The molecule has 0 aliphatic carbocycles. The molecule has 0 spiro atoms. The number of amides is 10. The second kappa shape index (κ2) is 36.6. The third-order valence-electron chi connectivity index (χ3n) is 18.2. The van der Waals surface area contributed by atoms with Crippen molar-refractivity contribution in [2.24, 2.45) is 10.2 Å². The topological polar surface area (TPSA) is 304 Å². The van der Waals surface area contributed by atoms with Crippen LogP contribution >= 0.6 is 58.0 Å². The number of hydrogen-bond acceptors (Lipinski definition) is 20. The molecule has 0 unspecified atom stereocenters. The Morgan fingerprint density at radius 1 is 0.327 bits per heavy atom. The van der Waals surface area contributed by atoms with Crippen LogP contribution in [0.25, 0.3) is 0 Å². The molecule has 5 aromatic carbocycles. The number of rotatable bonds is 26. The van der Waals surface area contributed by atoms with Gasteiger partial charge in [0.2, 0.25) is 0 Å². The third-order valence-corrected chi connectivity index (χ3v) is 20.0. The van der Waals surface area contributed by atoms with Crippen LogP contribution in [-0.2, 0) is 47.6 Å². The number of ether oxygens (including phenoxy) is 6. The number of carbonyl (C=O) groups is 12. The first-order chi connectivity index (χ1) is 50.8. The standard InChI is InChI=1S/C79H95Cl5N8O18/c1-24-74(12,13)105-68(99)87(56-34-30-32-51(80)45(56)8)64(95)49-36-38-53(82)60(41-49)91(72(103)109-78(20,21)28-5)85-62(47(10)93)66(97)89(70(101)107-76(16,17)26-3)58-43-55(84)59(40-44(58)7)90(71(102)108-77(18,19)27-4)67(98)63(48(11)94)86-92(73(104)110-79(22,23)29-6)61-42-50(37-39-54(61)83)65(96)88(69(100)106-75(14,15)25-2)57-35-31-33-52(81)46(57)9/h30-43H,24-29H2,1-23H3/b85-62+,86-63+. The molecule has 0 atom stereocenters. The van der Waals surface area contributed by atoms with Crippen LogP contribution in [0.3, 0.4) is 0 Å². The van der Waals surface area contributed by atoms with Crippen molar-refractivity contribution in [2.75, 3.05) is 29.6 Å². The van der Waals surface area contributed by atoms with Crippen LogP contribution in [0.4, 0.5) is 62.9 Å². The zero-order valence-corrected chi connectivity index (χ0v) is 69.9. The van der Waals surface area contributed by atoms with Gasteiger partial charge in [0.1, 0.15) is 33.6 Å². The lowest BCUT2D eigenvalue weighted by molar-refractivity contribution is -0.117. The third kappa shape index (κ3) is 22.4.